The van der Waals surface area contributed by atoms with E-state index < -0.39 is 5.91 Å². The normalized spacial score (nSPS) is 10.9. The van der Waals surface area contributed by atoms with Crippen LogP contribution in [-0.4, -0.2) is 25.6 Å². The maximum absolute atomic E-state index is 14.3. The number of para-hydroxylation sites is 1. The number of anilines is 1. The van der Waals surface area contributed by atoms with Gasteiger partial charge in [-0.3, -0.25) is 15.2 Å². The minimum absolute atomic E-state index is 0.0296. The lowest BCUT2D eigenvalue weighted by Gasteiger charge is -2.12. The van der Waals surface area contributed by atoms with Gasteiger partial charge in [0.15, 0.2) is 0 Å². The second-order valence-corrected chi connectivity index (χ2v) is 7.00. The molecule has 0 atom stereocenters. The molecule has 0 radical (unpaired) electrons. The molecular formula is C23H17FN6O2. The summed E-state index contributed by atoms with van der Waals surface area (Å²) in [7, 11) is 0. The van der Waals surface area contributed by atoms with E-state index >= 15 is 0 Å². The van der Waals surface area contributed by atoms with Crippen molar-refractivity contribution in [1.29, 1.82) is 0 Å². The maximum atomic E-state index is 14.3. The topological polar surface area (TPSA) is 97.9 Å². The number of fused-ring (bicyclic) bond motifs is 1. The number of aromatic nitrogens is 4. The molecule has 5 aromatic rings. The van der Waals surface area contributed by atoms with Crippen LogP contribution >= 0.6 is 0 Å². The third-order valence-electron chi connectivity index (χ3n) is 4.98. The minimum atomic E-state index is -0.429. The van der Waals surface area contributed by atoms with Crippen LogP contribution in [0.15, 0.2) is 83.6 Å². The van der Waals surface area contributed by atoms with E-state index in [1.54, 1.807) is 53.4 Å². The van der Waals surface area contributed by atoms with Gasteiger partial charge in [-0.05, 0) is 30.3 Å². The number of nitrogens with one attached hydrogen (secondary N) is 2. The van der Waals surface area contributed by atoms with Crippen molar-refractivity contribution in [2.24, 2.45) is 0 Å². The maximum Gasteiger partial charge on any atom is 0.340 e. The van der Waals surface area contributed by atoms with Crippen LogP contribution in [0.5, 0.6) is 0 Å². The van der Waals surface area contributed by atoms with Gasteiger partial charge in [0.2, 0.25) is 5.82 Å². The van der Waals surface area contributed by atoms with Crippen LogP contribution in [0.2, 0.25) is 0 Å². The summed E-state index contributed by atoms with van der Waals surface area (Å²) in [6, 6.07) is 19.3. The number of pyridine rings is 1. The van der Waals surface area contributed by atoms with Gasteiger partial charge in [-0.15, -0.1) is 0 Å². The number of nitrogens with zero attached hydrogens (tertiary/aromatic N) is 4. The Morgan fingerprint density at radius 3 is 2.66 bits per heavy atom. The van der Waals surface area contributed by atoms with Gasteiger partial charge in [-0.1, -0.05) is 41.6 Å². The second kappa shape index (κ2) is 8.31. The minimum Gasteiger partial charge on any atom is -0.332 e. The Morgan fingerprint density at radius 2 is 1.81 bits per heavy atom. The SMILES string of the molecule is O=C(NNc1nc(-c2ccncc2)no1)c1cc2ccccc2n1Cc1ccccc1F. The third kappa shape index (κ3) is 3.79. The summed E-state index contributed by atoms with van der Waals surface area (Å²) in [5, 5.41) is 4.75. The van der Waals surface area contributed by atoms with Gasteiger partial charge >= 0.3 is 6.01 Å². The lowest BCUT2D eigenvalue weighted by molar-refractivity contribution is 0.0952. The first-order chi connectivity index (χ1) is 15.7. The summed E-state index contributed by atoms with van der Waals surface area (Å²) in [6.07, 6.45) is 3.24. The lowest BCUT2D eigenvalue weighted by atomic mass is 10.2. The molecule has 3 aromatic heterocycles. The van der Waals surface area contributed by atoms with Crippen molar-refractivity contribution in [3.8, 4) is 11.4 Å². The van der Waals surface area contributed by atoms with E-state index in [1.165, 1.54) is 6.07 Å². The van der Waals surface area contributed by atoms with Crippen LogP contribution in [-0.2, 0) is 6.54 Å². The highest BCUT2D eigenvalue weighted by atomic mass is 19.1. The smallest absolute Gasteiger partial charge is 0.332 e. The van der Waals surface area contributed by atoms with E-state index in [9.17, 15) is 9.18 Å². The molecule has 0 unspecified atom stereocenters. The highest BCUT2D eigenvalue weighted by Crippen LogP contribution is 2.22. The number of hydrogen-bond donors (Lipinski definition) is 2. The molecule has 0 aliphatic carbocycles. The molecule has 0 aliphatic rings. The molecule has 158 valence electrons. The van der Waals surface area contributed by atoms with Crippen LogP contribution in [0.4, 0.5) is 10.4 Å². The molecule has 5 rings (SSSR count). The molecule has 8 nitrogen and oxygen atoms in total. The van der Waals surface area contributed by atoms with E-state index in [1.807, 2.05) is 24.3 Å². The molecule has 0 fully saturated rings. The van der Waals surface area contributed by atoms with Crippen molar-refractivity contribution >= 4 is 22.8 Å². The highest BCUT2D eigenvalue weighted by Gasteiger charge is 2.18. The average molecular weight is 428 g/mol. The monoisotopic (exact) mass is 428 g/mol. The summed E-state index contributed by atoms with van der Waals surface area (Å²) in [6.45, 7) is 0.204. The van der Waals surface area contributed by atoms with Crippen molar-refractivity contribution in [2.75, 3.05) is 5.43 Å². The van der Waals surface area contributed by atoms with Gasteiger partial charge in [0.05, 0.1) is 6.54 Å². The molecular weight excluding hydrogens is 411 g/mol. The summed E-state index contributed by atoms with van der Waals surface area (Å²) in [4.78, 5) is 21.1. The summed E-state index contributed by atoms with van der Waals surface area (Å²) >= 11 is 0. The molecule has 2 N–H and O–H groups in total. The molecule has 3 heterocycles. The number of rotatable bonds is 6. The van der Waals surface area contributed by atoms with Crippen LogP contribution in [0.3, 0.4) is 0 Å². The molecule has 9 heteroatoms. The van der Waals surface area contributed by atoms with Gasteiger partial charge in [-0.2, -0.15) is 4.98 Å². The predicted octanol–water partition coefficient (Wildman–Crippen LogP) is 4.03. The van der Waals surface area contributed by atoms with Gasteiger partial charge in [0.25, 0.3) is 5.91 Å². The molecule has 1 amide bonds. The van der Waals surface area contributed by atoms with Crippen molar-refractivity contribution in [3.05, 3.63) is 96.2 Å². The summed E-state index contributed by atoms with van der Waals surface area (Å²) in [5.41, 5.74) is 7.59. The lowest BCUT2D eigenvalue weighted by Crippen LogP contribution is -2.31. The van der Waals surface area contributed by atoms with Gasteiger partial charge in [0, 0.05) is 34.4 Å². The Balaban J connectivity index is 1.39. The molecule has 0 saturated heterocycles. The number of carbonyl (C=O) groups excluding carboxylic acids is 1. The van der Waals surface area contributed by atoms with Crippen LogP contribution in [0.25, 0.3) is 22.3 Å². The van der Waals surface area contributed by atoms with Crippen molar-refractivity contribution in [2.45, 2.75) is 6.54 Å². The standard InChI is InChI=1S/C23H17FN6O2/c24-18-7-3-1-6-17(18)14-30-19-8-4-2-5-16(19)13-20(30)22(31)27-28-23-26-21(29-32-23)15-9-11-25-12-10-15/h1-13H,14H2,(H,27,31)(H,26,28,29). The number of amides is 1. The number of carbonyl (C=O) groups is 1. The first-order valence-electron chi connectivity index (χ1n) is 9.81. The second-order valence-electron chi connectivity index (χ2n) is 7.00. The first kappa shape index (κ1) is 19.4. The molecule has 0 aliphatic heterocycles. The van der Waals surface area contributed by atoms with Gasteiger partial charge in [0.1, 0.15) is 11.5 Å². The number of halogens is 1. The van der Waals surface area contributed by atoms with E-state index in [0.29, 0.717) is 17.1 Å². The quantitative estimate of drug-likeness (QED) is 0.396. The Morgan fingerprint density at radius 1 is 1.03 bits per heavy atom. The number of benzene rings is 2. The van der Waals surface area contributed by atoms with Crippen LogP contribution < -0.4 is 10.9 Å². The van der Waals surface area contributed by atoms with Crippen molar-refractivity contribution in [1.82, 2.24) is 25.1 Å². The third-order valence-corrected chi connectivity index (χ3v) is 4.98. The van der Waals surface area contributed by atoms with Crippen LogP contribution in [0, 0.1) is 5.82 Å². The van der Waals surface area contributed by atoms with E-state index in [0.717, 1.165) is 16.5 Å². The Kier molecular flexibility index (Phi) is 5.04. The Labute approximate surface area is 181 Å². The molecule has 0 saturated carbocycles. The Hall–Kier alpha value is -4.53. The zero-order valence-electron chi connectivity index (χ0n) is 16.7. The zero-order chi connectivity index (χ0) is 21.9. The predicted molar refractivity (Wildman–Crippen MR) is 116 cm³/mol. The fraction of sp³-hybridized carbons (Fsp3) is 0.0435. The largest absolute Gasteiger partial charge is 0.340 e. The highest BCUT2D eigenvalue weighted by molar-refractivity contribution is 5.99. The van der Waals surface area contributed by atoms with E-state index in [2.05, 4.69) is 26.0 Å². The molecule has 0 bridgehead atoms. The van der Waals surface area contributed by atoms with Crippen LogP contribution in [0.1, 0.15) is 16.1 Å². The summed E-state index contributed by atoms with van der Waals surface area (Å²) in [5.74, 6) is -0.400. The van der Waals surface area contributed by atoms with E-state index in [-0.39, 0.29) is 18.4 Å². The van der Waals surface area contributed by atoms with Gasteiger partial charge < -0.3 is 9.09 Å². The Bertz CT molecular complexity index is 1400. The van der Waals surface area contributed by atoms with Crippen molar-refractivity contribution < 1.29 is 13.7 Å². The van der Waals surface area contributed by atoms with Gasteiger partial charge in [-0.25, -0.2) is 9.82 Å². The molecule has 32 heavy (non-hydrogen) atoms. The fourth-order valence-corrected chi connectivity index (χ4v) is 3.43. The van der Waals surface area contributed by atoms with E-state index in [4.69, 9.17) is 4.52 Å². The average Bonchev–Trinajstić information content (AvgIpc) is 3.45. The zero-order valence-corrected chi connectivity index (χ0v) is 16.7. The number of hydrazine groups is 1. The summed E-state index contributed by atoms with van der Waals surface area (Å²) < 4.78 is 21.2. The molecule has 0 spiro atoms. The first-order valence-corrected chi connectivity index (χ1v) is 9.81. The van der Waals surface area contributed by atoms with Crippen molar-refractivity contribution in [3.63, 3.8) is 0 Å². The fourth-order valence-electron chi connectivity index (χ4n) is 3.43. The number of hydrogen-bond acceptors (Lipinski definition) is 6. The molecule has 2 aromatic carbocycles.